The van der Waals surface area contributed by atoms with E-state index in [9.17, 15) is 22.4 Å². The van der Waals surface area contributed by atoms with E-state index in [4.69, 9.17) is 0 Å². The Kier molecular flexibility index (Phi) is 7.15. The number of hydrogen-bond acceptors (Lipinski definition) is 3. The van der Waals surface area contributed by atoms with Crippen molar-refractivity contribution in [3.05, 3.63) is 53.6 Å². The van der Waals surface area contributed by atoms with Gasteiger partial charge in [0.25, 0.3) is 6.43 Å². The van der Waals surface area contributed by atoms with Crippen molar-refractivity contribution in [3.63, 3.8) is 0 Å². The number of amides is 1. The normalized spacial score (nSPS) is 19.0. The van der Waals surface area contributed by atoms with Crippen LogP contribution in [0.5, 0.6) is 0 Å². The Hall–Kier alpha value is -2.19. The van der Waals surface area contributed by atoms with Gasteiger partial charge in [-0.2, -0.15) is 0 Å². The summed E-state index contributed by atoms with van der Waals surface area (Å²) in [5.74, 6) is -0.943. The van der Waals surface area contributed by atoms with Gasteiger partial charge in [-0.15, -0.1) is 12.4 Å². The van der Waals surface area contributed by atoms with Crippen LogP contribution in [0.15, 0.2) is 36.5 Å². The van der Waals surface area contributed by atoms with Gasteiger partial charge in [-0.25, -0.2) is 17.6 Å². The summed E-state index contributed by atoms with van der Waals surface area (Å²) in [6.07, 6.45) is -2.50. The van der Waals surface area contributed by atoms with E-state index in [2.05, 4.69) is 15.6 Å². The first-order valence-electron chi connectivity index (χ1n) is 8.12. The molecule has 2 N–H and O–H groups in total. The Morgan fingerprint density at radius 2 is 2.00 bits per heavy atom. The fourth-order valence-electron chi connectivity index (χ4n) is 2.80. The van der Waals surface area contributed by atoms with Gasteiger partial charge in [0.15, 0.2) is 0 Å². The van der Waals surface area contributed by atoms with Crippen molar-refractivity contribution in [3.8, 4) is 11.1 Å². The van der Waals surface area contributed by atoms with E-state index in [0.29, 0.717) is 11.3 Å². The number of carbonyl (C=O) groups excluding carboxylic acids is 1. The highest BCUT2D eigenvalue weighted by Crippen LogP contribution is 2.26. The minimum atomic E-state index is -2.59. The Morgan fingerprint density at radius 1 is 1.30 bits per heavy atom. The molecule has 2 aromatic rings. The Bertz CT molecular complexity index is 789. The maximum Gasteiger partial charge on any atom is 0.263 e. The quantitative estimate of drug-likeness (QED) is 0.750. The molecular formula is C18H18ClF4N3O. The van der Waals surface area contributed by atoms with Crippen LogP contribution in [0.1, 0.15) is 24.1 Å². The first-order valence-corrected chi connectivity index (χ1v) is 8.12. The van der Waals surface area contributed by atoms with Gasteiger partial charge in [0.1, 0.15) is 12.0 Å². The molecule has 2 heterocycles. The van der Waals surface area contributed by atoms with Gasteiger partial charge in [-0.05, 0) is 11.6 Å². The van der Waals surface area contributed by atoms with E-state index >= 15 is 0 Å². The van der Waals surface area contributed by atoms with Crippen LogP contribution < -0.4 is 10.6 Å². The average Bonchev–Trinajstić information content (AvgIpc) is 3.07. The molecule has 1 saturated heterocycles. The number of pyridine rings is 1. The summed E-state index contributed by atoms with van der Waals surface area (Å²) in [7, 11) is 0. The molecule has 2 atom stereocenters. The zero-order valence-corrected chi connectivity index (χ0v) is 14.9. The van der Waals surface area contributed by atoms with Crippen LogP contribution in [-0.4, -0.2) is 29.6 Å². The molecule has 1 fully saturated rings. The lowest BCUT2D eigenvalue weighted by Crippen LogP contribution is -2.40. The van der Waals surface area contributed by atoms with Gasteiger partial charge in [-0.1, -0.05) is 24.3 Å². The molecule has 0 bridgehead atoms. The lowest BCUT2D eigenvalue weighted by Gasteiger charge is -2.12. The summed E-state index contributed by atoms with van der Waals surface area (Å²) in [5.41, 5.74) is 0.890. The van der Waals surface area contributed by atoms with Crippen molar-refractivity contribution in [1.82, 2.24) is 15.6 Å². The molecule has 0 radical (unpaired) electrons. The number of aromatic nitrogens is 1. The van der Waals surface area contributed by atoms with Crippen LogP contribution in [0.4, 0.5) is 17.6 Å². The highest BCUT2D eigenvalue weighted by molar-refractivity contribution is 5.85. The number of rotatable bonds is 5. The van der Waals surface area contributed by atoms with Crippen molar-refractivity contribution in [2.45, 2.75) is 31.6 Å². The maximum absolute atomic E-state index is 14.1. The molecule has 1 aromatic carbocycles. The van der Waals surface area contributed by atoms with Gasteiger partial charge in [0.05, 0.1) is 24.5 Å². The van der Waals surface area contributed by atoms with Crippen LogP contribution in [0, 0.1) is 5.82 Å². The first kappa shape index (κ1) is 21.1. The van der Waals surface area contributed by atoms with E-state index in [0.717, 1.165) is 6.20 Å². The zero-order valence-electron chi connectivity index (χ0n) is 14.1. The molecule has 3 rings (SSSR count). The van der Waals surface area contributed by atoms with E-state index in [1.165, 1.54) is 30.3 Å². The Morgan fingerprint density at radius 3 is 2.59 bits per heavy atom. The zero-order chi connectivity index (χ0) is 18.7. The second kappa shape index (κ2) is 9.14. The molecule has 146 valence electrons. The molecule has 1 aliphatic rings. The lowest BCUT2D eigenvalue weighted by molar-refractivity contribution is -0.123. The van der Waals surface area contributed by atoms with Crippen molar-refractivity contribution < 1.29 is 22.4 Å². The summed E-state index contributed by atoms with van der Waals surface area (Å²) >= 11 is 0. The molecular weight excluding hydrogens is 386 g/mol. The van der Waals surface area contributed by atoms with Crippen LogP contribution >= 0.6 is 12.4 Å². The maximum atomic E-state index is 14.1. The highest BCUT2D eigenvalue weighted by Gasteiger charge is 2.28. The summed E-state index contributed by atoms with van der Waals surface area (Å²) in [6.45, 7) is 0.196. The monoisotopic (exact) mass is 403 g/mol. The van der Waals surface area contributed by atoms with E-state index in [1.807, 2.05) is 0 Å². The van der Waals surface area contributed by atoms with Crippen LogP contribution in [0.3, 0.4) is 0 Å². The number of nitrogens with one attached hydrogen (secondary N) is 2. The summed E-state index contributed by atoms with van der Waals surface area (Å²) in [5, 5.41) is 5.41. The molecule has 9 heteroatoms. The standard InChI is InChI=1S/C18H17F4N3O.ClH/c19-12-5-16(24-7-12)18(26)25-8-13-6-14(15(20)9-23-13)10-1-3-11(4-2-10)17(21)22;/h1-4,6,9,12,16-17,24H,5,7-8H2,(H,25,26);1H/t12-,16-;/m1./s1. The first-order chi connectivity index (χ1) is 12.4. The summed E-state index contributed by atoms with van der Waals surface area (Å²) in [6, 6.07) is 6.15. The third-order valence-corrected chi connectivity index (χ3v) is 4.22. The van der Waals surface area contributed by atoms with Gasteiger partial charge >= 0.3 is 0 Å². The number of carbonyl (C=O) groups is 1. The van der Waals surface area contributed by atoms with Crippen molar-refractivity contribution in [2.75, 3.05) is 6.54 Å². The number of hydrogen-bond donors (Lipinski definition) is 2. The fourth-order valence-corrected chi connectivity index (χ4v) is 2.80. The second-order valence-corrected chi connectivity index (χ2v) is 6.09. The van der Waals surface area contributed by atoms with Gasteiger partial charge in [0.2, 0.25) is 5.91 Å². The molecule has 1 amide bonds. The smallest absolute Gasteiger partial charge is 0.263 e. The number of alkyl halides is 3. The SMILES string of the molecule is Cl.O=C(NCc1cc(-c2ccc(C(F)F)cc2)c(F)cn1)[C@H]1C[C@@H](F)CN1. The average molecular weight is 404 g/mol. The summed E-state index contributed by atoms with van der Waals surface area (Å²) in [4.78, 5) is 15.9. The molecule has 0 spiro atoms. The van der Waals surface area contributed by atoms with Crippen LogP contribution in [-0.2, 0) is 11.3 Å². The predicted molar refractivity (Wildman–Crippen MR) is 95.0 cm³/mol. The van der Waals surface area contributed by atoms with Gasteiger partial charge in [-0.3, -0.25) is 9.78 Å². The van der Waals surface area contributed by atoms with E-state index in [-0.39, 0.29) is 49.0 Å². The van der Waals surface area contributed by atoms with Crippen LogP contribution in [0.2, 0.25) is 0 Å². The van der Waals surface area contributed by atoms with E-state index in [1.54, 1.807) is 0 Å². The number of benzene rings is 1. The predicted octanol–water partition coefficient (Wildman–Crippen LogP) is 3.56. The number of nitrogens with zero attached hydrogens (tertiary/aromatic N) is 1. The van der Waals surface area contributed by atoms with Gasteiger partial charge in [0, 0.05) is 24.1 Å². The fraction of sp³-hybridized carbons (Fsp3) is 0.333. The van der Waals surface area contributed by atoms with Crippen LogP contribution in [0.25, 0.3) is 11.1 Å². The summed E-state index contributed by atoms with van der Waals surface area (Å²) < 4.78 is 52.4. The molecule has 0 aliphatic carbocycles. The topological polar surface area (TPSA) is 54.0 Å². The molecule has 27 heavy (non-hydrogen) atoms. The minimum Gasteiger partial charge on any atom is -0.349 e. The molecule has 1 aromatic heterocycles. The van der Waals surface area contributed by atoms with Crippen molar-refractivity contribution in [1.29, 1.82) is 0 Å². The van der Waals surface area contributed by atoms with Crippen molar-refractivity contribution in [2.24, 2.45) is 0 Å². The third kappa shape index (κ3) is 5.17. The molecule has 0 unspecified atom stereocenters. The third-order valence-electron chi connectivity index (χ3n) is 4.22. The Labute approximate surface area is 159 Å². The minimum absolute atomic E-state index is 0. The number of halogens is 5. The Balaban J connectivity index is 0.00000261. The molecule has 1 aliphatic heterocycles. The lowest BCUT2D eigenvalue weighted by atomic mass is 10.0. The molecule has 0 saturated carbocycles. The second-order valence-electron chi connectivity index (χ2n) is 6.09. The van der Waals surface area contributed by atoms with E-state index < -0.39 is 24.5 Å². The highest BCUT2D eigenvalue weighted by atomic mass is 35.5. The molecule has 4 nitrogen and oxygen atoms in total. The van der Waals surface area contributed by atoms with Crippen molar-refractivity contribution >= 4 is 18.3 Å². The largest absolute Gasteiger partial charge is 0.349 e. The van der Waals surface area contributed by atoms with Gasteiger partial charge < -0.3 is 10.6 Å².